The van der Waals surface area contributed by atoms with E-state index < -0.39 is 24.8 Å². The topological polar surface area (TPSA) is 61.8 Å². The summed E-state index contributed by atoms with van der Waals surface area (Å²) < 4.78 is 55.3. The lowest BCUT2D eigenvalue weighted by molar-refractivity contribution is 0.0390. The molecule has 0 aromatic heterocycles. The van der Waals surface area contributed by atoms with Crippen LogP contribution >= 0.6 is 7.60 Å². The van der Waals surface area contributed by atoms with Crippen LogP contribution in [0.1, 0.15) is 24.2 Å². The van der Waals surface area contributed by atoms with Gasteiger partial charge in [0.2, 0.25) is 0 Å². The fourth-order valence-electron chi connectivity index (χ4n) is 2.22. The van der Waals surface area contributed by atoms with Crippen molar-refractivity contribution >= 4 is 13.1 Å². The normalized spacial score (nSPS) is 18.3. The molecular formula is C18H17F2O5P. The zero-order valence-corrected chi connectivity index (χ0v) is 15.1. The lowest BCUT2D eigenvalue weighted by Gasteiger charge is -2.33. The molecule has 3 rings (SSSR count). The zero-order chi connectivity index (χ0) is 18.9. The van der Waals surface area contributed by atoms with E-state index in [2.05, 4.69) is 0 Å². The maximum Gasteiger partial charge on any atom is 0.401 e. The smallest absolute Gasteiger partial charge is 0.401 e. The Kier molecular flexibility index (Phi) is 4.97. The van der Waals surface area contributed by atoms with E-state index in [0.717, 1.165) is 24.3 Å². The molecule has 0 spiro atoms. The van der Waals surface area contributed by atoms with E-state index in [1.807, 2.05) is 13.8 Å². The summed E-state index contributed by atoms with van der Waals surface area (Å²) >= 11 is 0. The highest BCUT2D eigenvalue weighted by Crippen LogP contribution is 2.56. The molecule has 2 aromatic rings. The Morgan fingerprint density at radius 3 is 2.31 bits per heavy atom. The number of hydrogen-bond donors (Lipinski definition) is 0. The van der Waals surface area contributed by atoms with Crippen molar-refractivity contribution in [3.8, 4) is 11.5 Å². The van der Waals surface area contributed by atoms with Crippen LogP contribution in [-0.2, 0) is 13.6 Å². The van der Waals surface area contributed by atoms with Gasteiger partial charge in [-0.1, -0.05) is 13.8 Å². The van der Waals surface area contributed by atoms with Crippen LogP contribution in [0.2, 0.25) is 0 Å². The van der Waals surface area contributed by atoms with E-state index in [0.29, 0.717) is 0 Å². The summed E-state index contributed by atoms with van der Waals surface area (Å²) in [6.07, 6.45) is 0. The van der Waals surface area contributed by atoms with E-state index >= 15 is 0 Å². The van der Waals surface area contributed by atoms with Gasteiger partial charge in [0.05, 0.1) is 13.2 Å². The van der Waals surface area contributed by atoms with E-state index in [1.54, 1.807) is 0 Å². The number of benzene rings is 2. The fraction of sp³-hybridized carbons (Fsp3) is 0.278. The van der Waals surface area contributed by atoms with Crippen molar-refractivity contribution in [1.82, 2.24) is 0 Å². The summed E-state index contributed by atoms with van der Waals surface area (Å²) in [5.41, 5.74) is -1.28. The molecule has 1 aliphatic heterocycles. The van der Waals surface area contributed by atoms with Crippen molar-refractivity contribution in [2.75, 3.05) is 13.2 Å². The van der Waals surface area contributed by atoms with Gasteiger partial charge < -0.3 is 13.8 Å². The van der Waals surface area contributed by atoms with Crippen molar-refractivity contribution in [2.24, 2.45) is 5.41 Å². The molecule has 5 nitrogen and oxygen atoms in total. The molecule has 0 atom stereocenters. The summed E-state index contributed by atoms with van der Waals surface area (Å²) in [6.45, 7) is 3.92. The van der Waals surface area contributed by atoms with Gasteiger partial charge in [0.1, 0.15) is 11.6 Å². The lowest BCUT2D eigenvalue weighted by atomic mass is 9.97. The van der Waals surface area contributed by atoms with Crippen LogP contribution in [0, 0.1) is 17.0 Å². The standard InChI is InChI=1S/C18H17F2O5P/c1-18(2)10-23-26(22,24-11-18)17(21)12-3-8-15(20)16(9-12)25-14-6-4-13(19)5-7-14/h3-9H,10-11H2,1-2H3. The van der Waals surface area contributed by atoms with Crippen LogP contribution in [0.5, 0.6) is 11.5 Å². The average molecular weight is 382 g/mol. The quantitative estimate of drug-likeness (QED) is 0.684. The second-order valence-corrected chi connectivity index (χ2v) is 8.63. The number of ether oxygens (including phenoxy) is 1. The third-order valence-electron chi connectivity index (χ3n) is 3.72. The number of rotatable bonds is 4. The van der Waals surface area contributed by atoms with Gasteiger partial charge in [-0.05, 0) is 42.5 Å². The summed E-state index contributed by atoms with van der Waals surface area (Å²) in [5, 5.41) is 0. The number of halogens is 2. The van der Waals surface area contributed by atoms with Gasteiger partial charge in [-0.3, -0.25) is 9.36 Å². The maximum absolute atomic E-state index is 14.0. The average Bonchev–Trinajstić information content (AvgIpc) is 2.61. The number of carbonyl (C=O) groups is 1. The molecule has 0 aliphatic carbocycles. The van der Waals surface area contributed by atoms with Gasteiger partial charge in [-0.15, -0.1) is 0 Å². The van der Waals surface area contributed by atoms with Crippen molar-refractivity contribution < 1.29 is 31.9 Å². The summed E-state index contributed by atoms with van der Waals surface area (Å²) in [4.78, 5) is 12.6. The minimum atomic E-state index is -4.00. The molecule has 0 N–H and O–H groups in total. The van der Waals surface area contributed by atoms with Crippen LogP contribution in [0.15, 0.2) is 42.5 Å². The lowest BCUT2D eigenvalue weighted by Crippen LogP contribution is -2.31. The molecule has 1 aliphatic rings. The number of carbonyl (C=O) groups excluding carboxylic acids is 1. The molecule has 26 heavy (non-hydrogen) atoms. The third kappa shape index (κ3) is 4.01. The SMILES string of the molecule is CC1(C)COP(=O)(C(=O)c2ccc(F)c(Oc3ccc(F)cc3)c2)OC1. The van der Waals surface area contributed by atoms with E-state index in [1.165, 1.54) is 18.2 Å². The van der Waals surface area contributed by atoms with E-state index in [4.69, 9.17) is 13.8 Å². The predicted octanol–water partition coefficient (Wildman–Crippen LogP) is 5.16. The first-order valence-electron chi connectivity index (χ1n) is 7.86. The Labute approximate surface area is 149 Å². The molecule has 8 heteroatoms. The van der Waals surface area contributed by atoms with Crippen LogP contribution in [0.25, 0.3) is 0 Å². The Bertz CT molecular complexity index is 866. The van der Waals surface area contributed by atoms with Crippen molar-refractivity contribution in [2.45, 2.75) is 13.8 Å². The molecule has 138 valence electrons. The Morgan fingerprint density at radius 1 is 1.08 bits per heavy atom. The van der Waals surface area contributed by atoms with Crippen molar-refractivity contribution in [3.05, 3.63) is 59.7 Å². The second-order valence-electron chi connectivity index (χ2n) is 6.71. The van der Waals surface area contributed by atoms with Crippen LogP contribution < -0.4 is 4.74 Å². The molecule has 1 fully saturated rings. The first-order valence-corrected chi connectivity index (χ1v) is 9.40. The minimum absolute atomic E-state index is 0.0634. The van der Waals surface area contributed by atoms with Gasteiger partial charge >= 0.3 is 7.60 Å². The van der Waals surface area contributed by atoms with E-state index in [-0.39, 0.29) is 35.7 Å². The Balaban J connectivity index is 1.84. The molecular weight excluding hydrogens is 365 g/mol. The molecule has 0 unspecified atom stereocenters. The largest absolute Gasteiger partial charge is 0.454 e. The summed E-state index contributed by atoms with van der Waals surface area (Å²) in [6, 6.07) is 8.28. The van der Waals surface area contributed by atoms with Gasteiger partial charge in [0.15, 0.2) is 11.6 Å². The Morgan fingerprint density at radius 2 is 1.69 bits per heavy atom. The second kappa shape index (κ2) is 6.91. The molecule has 1 heterocycles. The predicted molar refractivity (Wildman–Crippen MR) is 90.5 cm³/mol. The van der Waals surface area contributed by atoms with E-state index in [9.17, 15) is 18.1 Å². The maximum atomic E-state index is 14.0. The molecule has 0 saturated carbocycles. The third-order valence-corrected chi connectivity index (χ3v) is 5.41. The van der Waals surface area contributed by atoms with Gasteiger partial charge in [0.25, 0.3) is 5.52 Å². The highest BCUT2D eigenvalue weighted by Gasteiger charge is 2.43. The van der Waals surface area contributed by atoms with Crippen LogP contribution in [0.3, 0.4) is 0 Å². The van der Waals surface area contributed by atoms with Gasteiger partial charge in [-0.2, -0.15) is 0 Å². The summed E-state index contributed by atoms with van der Waals surface area (Å²) in [7, 11) is -4.00. The minimum Gasteiger partial charge on any atom is -0.454 e. The molecule has 1 saturated heterocycles. The monoisotopic (exact) mass is 382 g/mol. The van der Waals surface area contributed by atoms with Crippen LogP contribution in [-0.4, -0.2) is 18.7 Å². The van der Waals surface area contributed by atoms with Gasteiger partial charge in [-0.25, -0.2) is 8.78 Å². The fourth-order valence-corrected chi connectivity index (χ4v) is 4.02. The molecule has 0 radical (unpaired) electrons. The molecule has 0 amide bonds. The molecule has 2 aromatic carbocycles. The van der Waals surface area contributed by atoms with Crippen molar-refractivity contribution in [1.29, 1.82) is 0 Å². The zero-order valence-electron chi connectivity index (χ0n) is 14.2. The summed E-state index contributed by atoms with van der Waals surface area (Å²) in [5.74, 6) is -1.26. The van der Waals surface area contributed by atoms with Crippen molar-refractivity contribution in [3.63, 3.8) is 0 Å². The first-order chi connectivity index (χ1) is 12.2. The molecule has 0 bridgehead atoms. The van der Waals surface area contributed by atoms with Crippen LogP contribution in [0.4, 0.5) is 8.78 Å². The number of hydrogen-bond acceptors (Lipinski definition) is 5. The highest BCUT2D eigenvalue weighted by atomic mass is 31.2. The first kappa shape index (κ1) is 18.7. The highest BCUT2D eigenvalue weighted by molar-refractivity contribution is 7.72. The van der Waals surface area contributed by atoms with Gasteiger partial charge in [0, 0.05) is 11.0 Å². The Hall–Kier alpha value is -2.08.